The molecule has 10 heteroatoms. The first-order chi connectivity index (χ1) is 16.2. The average molecular weight is 476 g/mol. The van der Waals surface area contributed by atoms with Crippen molar-refractivity contribution in [1.29, 1.82) is 0 Å². The minimum atomic E-state index is -0.452. The molecule has 4 aromatic rings. The van der Waals surface area contributed by atoms with Gasteiger partial charge >= 0.3 is 0 Å². The van der Waals surface area contributed by atoms with E-state index in [2.05, 4.69) is 21.3 Å². The zero-order chi connectivity index (χ0) is 24.2. The summed E-state index contributed by atoms with van der Waals surface area (Å²) in [5.74, 6) is 0.687. The minimum absolute atomic E-state index is 0.0190. The highest BCUT2D eigenvalue weighted by atomic mass is 32.1. The van der Waals surface area contributed by atoms with Gasteiger partial charge in [0.25, 0.3) is 5.69 Å². The van der Waals surface area contributed by atoms with E-state index < -0.39 is 10.5 Å². The summed E-state index contributed by atoms with van der Waals surface area (Å²) in [5, 5.41) is 33.7. The van der Waals surface area contributed by atoms with Gasteiger partial charge in [-0.1, -0.05) is 6.08 Å². The monoisotopic (exact) mass is 475 g/mol. The molecular weight excluding hydrogens is 454 g/mol. The summed E-state index contributed by atoms with van der Waals surface area (Å²) in [6, 6.07) is 9.97. The molecule has 0 atom stereocenters. The average Bonchev–Trinajstić information content (AvgIpc) is 3.38. The Labute approximate surface area is 198 Å². The molecule has 0 amide bonds. The Hall–Kier alpha value is -4.05. The summed E-state index contributed by atoms with van der Waals surface area (Å²) in [6.45, 7) is 6.10. The number of azo groups is 1. The molecule has 0 bridgehead atoms. The van der Waals surface area contributed by atoms with Crippen molar-refractivity contribution in [1.82, 2.24) is 9.55 Å². The quantitative estimate of drug-likeness (QED) is 0.190. The van der Waals surface area contributed by atoms with Gasteiger partial charge in [0.05, 0.1) is 28.8 Å². The number of thiazole rings is 1. The highest BCUT2D eigenvalue weighted by Crippen LogP contribution is 2.49. The van der Waals surface area contributed by atoms with Crippen molar-refractivity contribution in [2.75, 3.05) is 7.11 Å². The van der Waals surface area contributed by atoms with Gasteiger partial charge in [-0.15, -0.1) is 21.6 Å². The molecule has 1 N–H and O–H groups in total. The molecule has 1 aliphatic heterocycles. The smallest absolute Gasteiger partial charge is 0.269 e. The van der Waals surface area contributed by atoms with E-state index in [1.807, 2.05) is 42.9 Å². The lowest BCUT2D eigenvalue weighted by Gasteiger charge is -2.31. The topological polar surface area (TPSA) is 115 Å². The lowest BCUT2D eigenvalue weighted by molar-refractivity contribution is -0.384. The van der Waals surface area contributed by atoms with Gasteiger partial charge in [0, 0.05) is 34.0 Å². The van der Waals surface area contributed by atoms with E-state index in [1.54, 1.807) is 19.2 Å². The number of allylic oxidation sites excluding steroid dienone is 2. The largest absolute Gasteiger partial charge is 0.497 e. The molecule has 5 rings (SSSR count). The van der Waals surface area contributed by atoms with Gasteiger partial charge in [0.15, 0.2) is 5.69 Å². The Bertz CT molecular complexity index is 1510. The molecule has 9 nitrogen and oxygen atoms in total. The highest BCUT2D eigenvalue weighted by molar-refractivity contribution is 7.13. The van der Waals surface area contributed by atoms with Crippen molar-refractivity contribution in [3.63, 3.8) is 0 Å². The second kappa shape index (κ2) is 7.77. The summed E-state index contributed by atoms with van der Waals surface area (Å²) in [5.41, 5.74) is 4.24. The number of non-ortho nitro benzene ring substituents is 1. The number of nitro benzene ring substituents is 1. The fraction of sp³-hybridized carbons (Fsp3) is 0.208. The number of hydrogen-bond donors (Lipinski definition) is 1. The molecule has 0 fully saturated rings. The van der Waals surface area contributed by atoms with Crippen LogP contribution in [0.1, 0.15) is 26.3 Å². The van der Waals surface area contributed by atoms with Crippen LogP contribution in [-0.2, 0) is 5.54 Å². The molecule has 0 unspecified atom stereocenters. The Balaban J connectivity index is 1.56. The second-order valence-corrected chi connectivity index (χ2v) is 9.42. The standard InChI is InChI=1S/C24H21N5O4S/c1-13-11-24(2,3)28-21-17(13)9-16(33-4)10-18(21)20(22(28)30)26-27-23-25-19(12-34-23)14-5-7-15(8-6-14)29(31)32/h5-12,30H,1-4H3. The van der Waals surface area contributed by atoms with Crippen molar-refractivity contribution in [2.24, 2.45) is 10.2 Å². The third kappa shape index (κ3) is 3.43. The van der Waals surface area contributed by atoms with Gasteiger partial charge in [-0.3, -0.25) is 10.1 Å². The maximum atomic E-state index is 11.2. The molecule has 172 valence electrons. The zero-order valence-corrected chi connectivity index (χ0v) is 19.8. The first kappa shape index (κ1) is 21.8. The highest BCUT2D eigenvalue weighted by Gasteiger charge is 2.32. The van der Waals surface area contributed by atoms with Crippen LogP contribution in [0.2, 0.25) is 0 Å². The van der Waals surface area contributed by atoms with Crippen molar-refractivity contribution in [2.45, 2.75) is 26.3 Å². The number of ether oxygens (including phenoxy) is 1. The summed E-state index contributed by atoms with van der Waals surface area (Å²) in [6.07, 6.45) is 2.10. The number of methoxy groups -OCH3 is 1. The number of nitrogens with zero attached hydrogens (tertiary/aromatic N) is 5. The lowest BCUT2D eigenvalue weighted by Crippen LogP contribution is -2.26. The lowest BCUT2D eigenvalue weighted by atomic mass is 9.92. The third-order valence-electron chi connectivity index (χ3n) is 5.89. The van der Waals surface area contributed by atoms with Crippen LogP contribution in [0.25, 0.3) is 27.7 Å². The van der Waals surface area contributed by atoms with Crippen LogP contribution in [0.15, 0.2) is 58.1 Å². The predicted molar refractivity (Wildman–Crippen MR) is 132 cm³/mol. The van der Waals surface area contributed by atoms with Gasteiger partial charge in [-0.2, -0.15) is 0 Å². The molecule has 0 spiro atoms. The van der Waals surface area contributed by atoms with Gasteiger partial charge < -0.3 is 14.4 Å². The van der Waals surface area contributed by atoms with Crippen molar-refractivity contribution < 1.29 is 14.8 Å². The number of aromatic hydroxyl groups is 1. The Morgan fingerprint density at radius 1 is 1.21 bits per heavy atom. The first-order valence-corrected chi connectivity index (χ1v) is 11.4. The molecule has 34 heavy (non-hydrogen) atoms. The number of nitro groups is 1. The van der Waals surface area contributed by atoms with Crippen LogP contribution in [0.5, 0.6) is 11.6 Å². The molecule has 2 aromatic carbocycles. The van der Waals surface area contributed by atoms with E-state index >= 15 is 0 Å². The molecule has 0 aliphatic carbocycles. The predicted octanol–water partition coefficient (Wildman–Crippen LogP) is 6.95. The van der Waals surface area contributed by atoms with Gasteiger partial charge in [0.2, 0.25) is 11.0 Å². The maximum absolute atomic E-state index is 11.2. The van der Waals surface area contributed by atoms with Crippen LogP contribution < -0.4 is 4.74 Å². The SMILES string of the molecule is COc1cc2c3c(c1)c(N=Nc1nc(-c4ccc([N+](=O)[O-])cc4)cs1)c(O)n3C(C)(C)C=C2C. The van der Waals surface area contributed by atoms with E-state index in [0.29, 0.717) is 22.3 Å². The van der Waals surface area contributed by atoms with E-state index in [-0.39, 0.29) is 11.6 Å². The zero-order valence-electron chi connectivity index (χ0n) is 18.9. The number of benzene rings is 2. The Morgan fingerprint density at radius 2 is 1.94 bits per heavy atom. The fourth-order valence-electron chi connectivity index (χ4n) is 4.40. The molecular formula is C24H21N5O4S. The molecule has 0 radical (unpaired) electrons. The minimum Gasteiger partial charge on any atom is -0.497 e. The molecule has 2 aromatic heterocycles. The summed E-state index contributed by atoms with van der Waals surface area (Å²) in [4.78, 5) is 14.9. The van der Waals surface area contributed by atoms with Gasteiger partial charge in [-0.25, -0.2) is 4.98 Å². The van der Waals surface area contributed by atoms with Crippen LogP contribution in [-0.4, -0.2) is 26.7 Å². The van der Waals surface area contributed by atoms with E-state index in [0.717, 1.165) is 27.6 Å². The van der Waals surface area contributed by atoms with Crippen molar-refractivity contribution >= 4 is 44.3 Å². The van der Waals surface area contributed by atoms with E-state index in [9.17, 15) is 15.2 Å². The third-order valence-corrected chi connectivity index (χ3v) is 6.62. The summed E-state index contributed by atoms with van der Waals surface area (Å²) in [7, 11) is 1.60. The number of rotatable bonds is 5. The molecule has 0 saturated carbocycles. The van der Waals surface area contributed by atoms with Gasteiger partial charge in [-0.05, 0) is 50.6 Å². The van der Waals surface area contributed by atoms with Gasteiger partial charge in [0.1, 0.15) is 5.75 Å². The first-order valence-electron chi connectivity index (χ1n) is 10.5. The van der Waals surface area contributed by atoms with Crippen LogP contribution >= 0.6 is 11.3 Å². The van der Waals surface area contributed by atoms with Crippen LogP contribution in [0.4, 0.5) is 16.5 Å². The fourth-order valence-corrected chi connectivity index (χ4v) is 5.05. The molecule has 0 saturated heterocycles. The number of hydrogen-bond acceptors (Lipinski definition) is 8. The summed E-state index contributed by atoms with van der Waals surface area (Å²) < 4.78 is 7.35. The Kier molecular flexibility index (Phi) is 4.98. The van der Waals surface area contributed by atoms with Crippen molar-refractivity contribution in [3.05, 3.63) is 63.5 Å². The summed E-state index contributed by atoms with van der Waals surface area (Å²) >= 11 is 1.29. The van der Waals surface area contributed by atoms with E-state index in [4.69, 9.17) is 4.74 Å². The molecule has 1 aliphatic rings. The van der Waals surface area contributed by atoms with Crippen molar-refractivity contribution in [3.8, 4) is 22.9 Å². The molecule has 3 heterocycles. The van der Waals surface area contributed by atoms with Crippen LogP contribution in [0, 0.1) is 10.1 Å². The Morgan fingerprint density at radius 3 is 2.62 bits per heavy atom. The van der Waals surface area contributed by atoms with E-state index in [1.165, 1.54) is 23.5 Å². The second-order valence-electron chi connectivity index (χ2n) is 8.58. The number of aromatic nitrogens is 2. The normalized spacial score (nSPS) is 14.5. The van der Waals surface area contributed by atoms with Crippen LogP contribution in [0.3, 0.4) is 0 Å². The maximum Gasteiger partial charge on any atom is 0.269 e.